The Morgan fingerprint density at radius 3 is 1.75 bits per heavy atom. The first-order chi connectivity index (χ1) is 46.8. The zero-order chi connectivity index (χ0) is 65.6. The fourth-order valence-corrected chi connectivity index (χ4v) is 13.4. The van der Waals surface area contributed by atoms with E-state index in [-0.39, 0.29) is 17.5 Å². The lowest BCUT2D eigenvalue weighted by molar-refractivity contribution is 0.222. The Morgan fingerprint density at radius 2 is 1.12 bits per heavy atom. The molecule has 0 saturated carbocycles. The number of halogens is 4. The summed E-state index contributed by atoms with van der Waals surface area (Å²) in [5, 5.41) is 40.2. The van der Waals surface area contributed by atoms with E-state index >= 15 is 13.2 Å². The van der Waals surface area contributed by atoms with Crippen LogP contribution in [0.5, 0.6) is 11.5 Å². The maximum absolute atomic E-state index is 15.3. The van der Waals surface area contributed by atoms with Crippen LogP contribution in [0.25, 0.3) is 94.4 Å². The fourth-order valence-electron chi connectivity index (χ4n) is 13.4. The summed E-state index contributed by atoms with van der Waals surface area (Å²) < 4.78 is 73.0. The highest BCUT2D eigenvalue weighted by Crippen LogP contribution is 2.37. The van der Waals surface area contributed by atoms with Gasteiger partial charge in [-0.05, 0) is 195 Å². The van der Waals surface area contributed by atoms with Crippen LogP contribution in [0.15, 0.2) is 153 Å². The van der Waals surface area contributed by atoms with Crippen molar-refractivity contribution in [3.8, 4) is 51.0 Å². The normalized spacial score (nSPS) is 15.2. The topological polar surface area (TPSA) is 197 Å². The number of hydrogen-bond donors (Lipinski definition) is 2. The molecule has 19 nitrogen and oxygen atoms in total. The second-order valence-corrected chi connectivity index (χ2v) is 25.0. The first-order valence-corrected chi connectivity index (χ1v) is 32.6. The number of para-hydroxylation sites is 1. The number of hydrogen-bond acceptors (Lipinski definition) is 15. The van der Waals surface area contributed by atoms with Gasteiger partial charge in [0.15, 0.2) is 22.9 Å². The van der Waals surface area contributed by atoms with Crippen molar-refractivity contribution in [2.75, 3.05) is 45.8 Å². The Labute approximate surface area is 549 Å². The number of nitrogens with zero attached hydrogens (tertiary/aromatic N) is 16. The predicted octanol–water partition coefficient (Wildman–Crippen LogP) is 13.8. The molecule has 0 spiro atoms. The maximum atomic E-state index is 15.3. The van der Waals surface area contributed by atoms with E-state index < -0.39 is 5.82 Å². The van der Waals surface area contributed by atoms with Crippen LogP contribution in [0, 0.1) is 37.1 Å². The van der Waals surface area contributed by atoms with Crippen molar-refractivity contribution < 1.29 is 22.3 Å². The molecule has 96 heavy (non-hydrogen) atoms. The number of pyridine rings is 1. The highest BCUT2D eigenvalue weighted by Gasteiger charge is 2.25. The molecule has 3 saturated heterocycles. The van der Waals surface area contributed by atoms with Gasteiger partial charge in [0.05, 0.1) is 75.3 Å². The average Bonchev–Trinajstić information content (AvgIpc) is 1.03. The molecule has 484 valence electrons. The first-order valence-electron chi connectivity index (χ1n) is 32.6. The van der Waals surface area contributed by atoms with Crippen molar-refractivity contribution in [3.63, 3.8) is 0 Å². The molecule has 0 radical (unpaired) electrons. The molecule has 5 aromatic carbocycles. The molecule has 3 aliphatic heterocycles. The van der Waals surface area contributed by atoms with Gasteiger partial charge in [-0.2, -0.15) is 35.7 Å². The maximum Gasteiger partial charge on any atom is 0.197 e. The lowest BCUT2D eigenvalue weighted by atomic mass is 9.88. The third kappa shape index (κ3) is 12.7. The van der Waals surface area contributed by atoms with E-state index in [1.807, 2.05) is 116 Å². The molecule has 14 aromatic rings. The largest absolute Gasteiger partial charge is 0.453 e. The molecule has 3 aliphatic rings. The van der Waals surface area contributed by atoms with Crippen molar-refractivity contribution in [2.45, 2.75) is 77.0 Å². The monoisotopic (exact) mass is 1290 g/mol. The summed E-state index contributed by atoms with van der Waals surface area (Å²) in [5.41, 5.74) is 11.8. The van der Waals surface area contributed by atoms with Gasteiger partial charge < -0.3 is 24.8 Å². The Balaban J connectivity index is 0.000000118. The summed E-state index contributed by atoms with van der Waals surface area (Å²) in [4.78, 5) is 20.2. The molecule has 0 unspecified atom stereocenters. The van der Waals surface area contributed by atoms with Gasteiger partial charge in [-0.25, -0.2) is 46.5 Å². The number of nitrogens with one attached hydrogen (secondary N) is 2. The number of rotatable bonds is 10. The van der Waals surface area contributed by atoms with Crippen LogP contribution in [-0.4, -0.2) is 125 Å². The van der Waals surface area contributed by atoms with E-state index in [0.717, 1.165) is 124 Å². The summed E-state index contributed by atoms with van der Waals surface area (Å²) in [6.07, 6.45) is 16.7. The van der Waals surface area contributed by atoms with Crippen molar-refractivity contribution in [2.24, 2.45) is 7.05 Å². The Bertz CT molecular complexity index is 5190. The van der Waals surface area contributed by atoms with Crippen LogP contribution in [0.4, 0.5) is 17.6 Å². The third-order valence-corrected chi connectivity index (χ3v) is 18.5. The molecule has 23 heteroatoms. The van der Waals surface area contributed by atoms with E-state index in [1.165, 1.54) is 18.2 Å². The summed E-state index contributed by atoms with van der Waals surface area (Å²) in [6.45, 7) is 13.0. The fraction of sp³-hybridized carbons (Fsp3) is 0.274. The van der Waals surface area contributed by atoms with Crippen molar-refractivity contribution in [1.29, 1.82) is 0 Å². The average molecular weight is 1290 g/mol. The number of imidazole rings is 3. The Morgan fingerprint density at radius 1 is 0.531 bits per heavy atom. The van der Waals surface area contributed by atoms with Gasteiger partial charge >= 0.3 is 0 Å². The van der Waals surface area contributed by atoms with Crippen molar-refractivity contribution in [3.05, 3.63) is 204 Å². The minimum atomic E-state index is -0.403. The molecule has 3 fully saturated rings. The minimum absolute atomic E-state index is 0.309. The van der Waals surface area contributed by atoms with E-state index in [9.17, 15) is 4.39 Å². The highest BCUT2D eigenvalue weighted by molar-refractivity contribution is 5.88. The standard InChI is InChI=1S/C26H23FN6O.C24H24F2N4.C23H21FN8/c1-16-15-33-26(29-16)25(34-19-5-3-2-4-6-19)14-23(32-33)18-11-21(27)20-13-22(30-31-24(20)12-18)17-7-9-28-10-8-17;1-3-30-8-6-15(7-9-30)17-10-16-4-5-22(27-23(16)20(25)12-17)18-11-19-14-29(2)28-24(19)21(26)13-18;1-14-12-32-23(27-14)22(31-7-6-26-13-31)11-20(30-32)16-8-18(24)17-10-19(28-29-21(17)9-16)15-2-4-25-5-3-15/h2-6,11-15,17,28H,7-10H2,1H3;4-5,10-15H,3,6-9H2,1-2H3;6-13,15,25H,2-5H2,1H3. The van der Waals surface area contributed by atoms with Crippen LogP contribution in [0.2, 0.25) is 0 Å². The van der Waals surface area contributed by atoms with Crippen LogP contribution < -0.4 is 15.4 Å². The van der Waals surface area contributed by atoms with E-state index in [0.29, 0.717) is 113 Å². The van der Waals surface area contributed by atoms with Gasteiger partial charge in [-0.3, -0.25) is 4.68 Å². The first kappa shape index (κ1) is 61.7. The SMILES string of the molecule is CCN1CCC(c2cc(F)c3nc(-c4cc(F)c5nn(C)cc5c4)ccc3c2)CC1.Cc1cn2nc(-c3cc(F)c4cc(C5CCNCC5)nnc4c3)cc(-n3ccnc3)c2n1.Cc1cn2nc(-c3cc(F)c4cc(C5CCNCC5)nnc4c3)cc(Oc3ccccc3)c2n1. The molecule has 0 amide bonds. The van der Waals surface area contributed by atoms with E-state index in [4.69, 9.17) is 4.74 Å². The van der Waals surface area contributed by atoms with Gasteiger partial charge in [0.2, 0.25) is 0 Å². The number of likely N-dealkylation sites (tertiary alicyclic amines) is 1. The molecule has 0 atom stereocenters. The minimum Gasteiger partial charge on any atom is -0.453 e. The Kier molecular flexibility index (Phi) is 16.9. The summed E-state index contributed by atoms with van der Waals surface area (Å²) in [5.74, 6) is 0.850. The number of benzene rings is 5. The quantitative estimate of drug-likeness (QED) is 0.123. The number of aryl methyl sites for hydroxylation is 3. The van der Waals surface area contributed by atoms with Crippen LogP contribution in [0.3, 0.4) is 0 Å². The zero-order valence-electron chi connectivity index (χ0n) is 53.4. The van der Waals surface area contributed by atoms with E-state index in [1.54, 1.807) is 51.6 Å². The van der Waals surface area contributed by atoms with Crippen LogP contribution in [0.1, 0.15) is 91.5 Å². The molecule has 17 rings (SSSR count). The van der Waals surface area contributed by atoms with E-state index in [2.05, 4.69) is 84.2 Å². The number of aromatic nitrogens is 15. The molecule has 0 bridgehead atoms. The number of fused-ring (bicyclic) bond motifs is 6. The van der Waals surface area contributed by atoms with Gasteiger partial charge in [-0.1, -0.05) is 31.2 Å². The summed E-state index contributed by atoms with van der Waals surface area (Å²) in [6, 6.07) is 34.2. The second kappa shape index (κ2) is 26.4. The molecular weight excluding hydrogens is 1220 g/mol. The zero-order valence-corrected chi connectivity index (χ0v) is 53.4. The molecule has 2 N–H and O–H groups in total. The summed E-state index contributed by atoms with van der Waals surface area (Å²) >= 11 is 0. The molecule has 12 heterocycles. The summed E-state index contributed by atoms with van der Waals surface area (Å²) in [7, 11) is 1.76. The van der Waals surface area contributed by atoms with Gasteiger partial charge in [0.25, 0.3) is 0 Å². The van der Waals surface area contributed by atoms with Gasteiger partial charge in [0, 0.05) is 81.8 Å². The lowest BCUT2D eigenvalue weighted by Crippen LogP contribution is -2.32. The molecule has 9 aromatic heterocycles. The van der Waals surface area contributed by atoms with Crippen LogP contribution in [-0.2, 0) is 7.05 Å². The second-order valence-electron chi connectivity index (χ2n) is 25.0. The third-order valence-electron chi connectivity index (χ3n) is 18.5. The lowest BCUT2D eigenvalue weighted by Gasteiger charge is -2.31. The van der Waals surface area contributed by atoms with Crippen LogP contribution >= 0.6 is 0 Å². The van der Waals surface area contributed by atoms with Gasteiger partial charge in [0.1, 0.15) is 34.2 Å². The number of ether oxygens (including phenoxy) is 1. The van der Waals surface area contributed by atoms with Crippen molar-refractivity contribution >= 4 is 54.9 Å². The smallest absolute Gasteiger partial charge is 0.197 e. The highest BCUT2D eigenvalue weighted by atomic mass is 19.1. The van der Waals surface area contributed by atoms with Gasteiger partial charge in [-0.15, -0.1) is 0 Å². The number of piperidine rings is 3. The van der Waals surface area contributed by atoms with Crippen molar-refractivity contribution in [1.82, 2.24) is 89.4 Å². The molecular formula is C73H68F4N18O. The molecule has 0 aliphatic carbocycles. The predicted molar refractivity (Wildman–Crippen MR) is 361 cm³/mol. The Hall–Kier alpha value is -10.5.